The minimum atomic E-state index is 0.519. The Labute approximate surface area is 101 Å². The molecule has 2 rings (SSSR count). The van der Waals surface area contributed by atoms with Crippen molar-refractivity contribution >= 4 is 0 Å². The molecule has 0 saturated heterocycles. The van der Waals surface area contributed by atoms with E-state index in [-0.39, 0.29) is 0 Å². The van der Waals surface area contributed by atoms with Gasteiger partial charge < -0.3 is 10.3 Å². The minimum absolute atomic E-state index is 0.519. The van der Waals surface area contributed by atoms with E-state index in [1.165, 1.54) is 0 Å². The van der Waals surface area contributed by atoms with Crippen LogP contribution < -0.4 is 5.73 Å². The number of hydrogen-bond donors (Lipinski definition) is 1. The summed E-state index contributed by atoms with van der Waals surface area (Å²) >= 11 is 0. The monoisotopic (exact) mass is 231 g/mol. The third kappa shape index (κ3) is 2.91. The topological polar surface area (TPSA) is 64.9 Å². The second-order valence-corrected chi connectivity index (χ2v) is 4.02. The fourth-order valence-corrected chi connectivity index (χ4v) is 1.64. The van der Waals surface area contributed by atoms with Gasteiger partial charge in [-0.05, 0) is 24.1 Å². The zero-order valence-corrected chi connectivity index (χ0v) is 10.0. The molecule has 1 aromatic carbocycles. The molecule has 0 fully saturated rings. The summed E-state index contributed by atoms with van der Waals surface area (Å²) in [5, 5.41) is 3.97. The molecule has 0 bridgehead atoms. The van der Waals surface area contributed by atoms with Crippen LogP contribution in [-0.2, 0) is 13.0 Å². The van der Waals surface area contributed by atoms with Crippen LogP contribution in [0.15, 0.2) is 28.8 Å². The van der Waals surface area contributed by atoms with Gasteiger partial charge in [0, 0.05) is 18.5 Å². The van der Waals surface area contributed by atoms with Crippen LogP contribution in [0.2, 0.25) is 0 Å². The van der Waals surface area contributed by atoms with Crippen molar-refractivity contribution in [3.05, 3.63) is 35.7 Å². The SMILES string of the molecule is CCCCc1noc(-c2cccc(CN)c2)n1. The summed E-state index contributed by atoms with van der Waals surface area (Å²) in [5.74, 6) is 1.35. The van der Waals surface area contributed by atoms with E-state index in [2.05, 4.69) is 17.1 Å². The molecule has 4 heteroatoms. The summed E-state index contributed by atoms with van der Waals surface area (Å²) in [6.07, 6.45) is 3.09. The number of aromatic nitrogens is 2. The van der Waals surface area contributed by atoms with Crippen molar-refractivity contribution in [3.8, 4) is 11.5 Å². The van der Waals surface area contributed by atoms with Gasteiger partial charge in [-0.15, -0.1) is 0 Å². The second-order valence-electron chi connectivity index (χ2n) is 4.02. The number of hydrogen-bond acceptors (Lipinski definition) is 4. The molecule has 0 saturated carbocycles. The lowest BCUT2D eigenvalue weighted by molar-refractivity contribution is 0.421. The van der Waals surface area contributed by atoms with E-state index in [1.807, 2.05) is 24.3 Å². The average molecular weight is 231 g/mol. The molecule has 2 aromatic rings. The lowest BCUT2D eigenvalue weighted by Crippen LogP contribution is -1.95. The lowest BCUT2D eigenvalue weighted by atomic mass is 10.1. The maximum absolute atomic E-state index is 5.60. The fourth-order valence-electron chi connectivity index (χ4n) is 1.64. The van der Waals surface area contributed by atoms with Gasteiger partial charge in [-0.3, -0.25) is 0 Å². The standard InChI is InChI=1S/C13H17N3O/c1-2-3-7-12-15-13(17-16-12)11-6-4-5-10(8-11)9-14/h4-6,8H,2-3,7,9,14H2,1H3. The van der Waals surface area contributed by atoms with Crippen LogP contribution in [0.5, 0.6) is 0 Å². The lowest BCUT2D eigenvalue weighted by Gasteiger charge is -1.98. The van der Waals surface area contributed by atoms with E-state index in [9.17, 15) is 0 Å². The predicted molar refractivity (Wildman–Crippen MR) is 66.2 cm³/mol. The first-order chi connectivity index (χ1) is 8.33. The Morgan fingerprint density at radius 3 is 3.00 bits per heavy atom. The van der Waals surface area contributed by atoms with E-state index in [1.54, 1.807) is 0 Å². The molecule has 4 nitrogen and oxygen atoms in total. The Morgan fingerprint density at radius 2 is 2.24 bits per heavy atom. The van der Waals surface area contributed by atoms with Gasteiger partial charge in [-0.25, -0.2) is 0 Å². The Hall–Kier alpha value is -1.68. The maximum Gasteiger partial charge on any atom is 0.257 e. The molecule has 0 atom stereocenters. The molecule has 2 N–H and O–H groups in total. The van der Waals surface area contributed by atoms with Crippen LogP contribution in [0.4, 0.5) is 0 Å². The number of benzene rings is 1. The first-order valence-electron chi connectivity index (χ1n) is 5.95. The summed E-state index contributed by atoms with van der Waals surface area (Å²) in [7, 11) is 0. The van der Waals surface area contributed by atoms with E-state index in [0.29, 0.717) is 12.4 Å². The Morgan fingerprint density at radius 1 is 1.35 bits per heavy atom. The third-order valence-corrected chi connectivity index (χ3v) is 2.63. The number of aryl methyl sites for hydroxylation is 1. The van der Waals surface area contributed by atoms with Crippen LogP contribution in [0.3, 0.4) is 0 Å². The van der Waals surface area contributed by atoms with Crippen molar-refractivity contribution in [2.75, 3.05) is 0 Å². The number of rotatable bonds is 5. The Kier molecular flexibility index (Phi) is 3.88. The van der Waals surface area contributed by atoms with Gasteiger partial charge in [0.2, 0.25) is 0 Å². The molecule has 90 valence electrons. The predicted octanol–water partition coefficient (Wildman–Crippen LogP) is 2.54. The van der Waals surface area contributed by atoms with E-state index >= 15 is 0 Å². The Balaban J connectivity index is 2.18. The van der Waals surface area contributed by atoms with Crippen LogP contribution >= 0.6 is 0 Å². The van der Waals surface area contributed by atoms with Gasteiger partial charge in [-0.1, -0.05) is 30.6 Å². The molecule has 0 aliphatic rings. The van der Waals surface area contributed by atoms with Crippen molar-refractivity contribution in [2.45, 2.75) is 32.7 Å². The molecule has 0 aliphatic heterocycles. The highest BCUT2D eigenvalue weighted by Gasteiger charge is 2.08. The molecule has 0 unspecified atom stereocenters. The smallest absolute Gasteiger partial charge is 0.257 e. The molecular formula is C13H17N3O. The van der Waals surface area contributed by atoms with Gasteiger partial charge in [0.25, 0.3) is 5.89 Å². The summed E-state index contributed by atoms with van der Waals surface area (Å²) in [5.41, 5.74) is 7.60. The van der Waals surface area contributed by atoms with Crippen LogP contribution in [0, 0.1) is 0 Å². The molecule has 0 aliphatic carbocycles. The van der Waals surface area contributed by atoms with Crippen molar-refractivity contribution in [2.24, 2.45) is 5.73 Å². The average Bonchev–Trinajstić information content (AvgIpc) is 2.85. The van der Waals surface area contributed by atoms with Gasteiger partial charge >= 0.3 is 0 Å². The number of nitrogens with zero attached hydrogens (tertiary/aromatic N) is 2. The second kappa shape index (κ2) is 5.59. The minimum Gasteiger partial charge on any atom is -0.334 e. The van der Waals surface area contributed by atoms with Crippen LogP contribution in [0.25, 0.3) is 11.5 Å². The molecule has 0 radical (unpaired) electrons. The van der Waals surface area contributed by atoms with Gasteiger partial charge in [0.1, 0.15) is 0 Å². The number of nitrogens with two attached hydrogens (primary N) is 1. The number of unbranched alkanes of at least 4 members (excludes halogenated alkanes) is 1. The largest absolute Gasteiger partial charge is 0.334 e. The zero-order chi connectivity index (χ0) is 12.1. The van der Waals surface area contributed by atoms with E-state index < -0.39 is 0 Å². The van der Waals surface area contributed by atoms with Crippen molar-refractivity contribution in [1.29, 1.82) is 0 Å². The first-order valence-corrected chi connectivity index (χ1v) is 5.95. The van der Waals surface area contributed by atoms with Crippen molar-refractivity contribution in [3.63, 3.8) is 0 Å². The maximum atomic E-state index is 5.60. The quantitative estimate of drug-likeness (QED) is 0.858. The van der Waals surface area contributed by atoms with Crippen molar-refractivity contribution in [1.82, 2.24) is 10.1 Å². The van der Waals surface area contributed by atoms with Gasteiger partial charge in [-0.2, -0.15) is 4.98 Å². The normalized spacial score (nSPS) is 10.7. The van der Waals surface area contributed by atoms with Crippen molar-refractivity contribution < 1.29 is 4.52 Å². The fraction of sp³-hybridized carbons (Fsp3) is 0.385. The summed E-state index contributed by atoms with van der Waals surface area (Å²) in [6.45, 7) is 2.66. The zero-order valence-electron chi connectivity index (χ0n) is 10.0. The molecule has 0 spiro atoms. The van der Waals surface area contributed by atoms with Gasteiger partial charge in [0.05, 0.1) is 0 Å². The molecule has 0 amide bonds. The van der Waals surface area contributed by atoms with E-state index in [0.717, 1.165) is 36.2 Å². The molecular weight excluding hydrogens is 214 g/mol. The van der Waals surface area contributed by atoms with Gasteiger partial charge in [0.15, 0.2) is 5.82 Å². The van der Waals surface area contributed by atoms with Crippen LogP contribution in [0.1, 0.15) is 31.2 Å². The van der Waals surface area contributed by atoms with E-state index in [4.69, 9.17) is 10.3 Å². The third-order valence-electron chi connectivity index (χ3n) is 2.63. The Bertz CT molecular complexity index is 479. The highest BCUT2D eigenvalue weighted by molar-refractivity contribution is 5.53. The molecule has 1 aromatic heterocycles. The summed E-state index contributed by atoms with van der Waals surface area (Å²) in [6, 6.07) is 7.87. The first kappa shape index (κ1) is 11.8. The highest BCUT2D eigenvalue weighted by Crippen LogP contribution is 2.18. The highest BCUT2D eigenvalue weighted by atomic mass is 16.5. The molecule has 1 heterocycles. The summed E-state index contributed by atoms with van der Waals surface area (Å²) < 4.78 is 5.25. The molecule has 17 heavy (non-hydrogen) atoms. The van der Waals surface area contributed by atoms with Crippen LogP contribution in [-0.4, -0.2) is 10.1 Å². The summed E-state index contributed by atoms with van der Waals surface area (Å²) in [4.78, 5) is 4.37.